The topological polar surface area (TPSA) is 62.3 Å². The van der Waals surface area contributed by atoms with Crippen LogP contribution in [0.15, 0.2) is 36.7 Å². The molecule has 0 atom stereocenters. The number of nitrogen functional groups attached to an aromatic ring is 1. The van der Waals surface area contributed by atoms with Gasteiger partial charge in [-0.1, -0.05) is 12.1 Å². The van der Waals surface area contributed by atoms with E-state index in [2.05, 4.69) is 5.10 Å². The fourth-order valence-corrected chi connectivity index (χ4v) is 1.32. The SMILES string of the molecule is COc1ccccc1OCn1cc(N)cn1. The van der Waals surface area contributed by atoms with Gasteiger partial charge in [0.05, 0.1) is 25.2 Å². The van der Waals surface area contributed by atoms with E-state index in [1.165, 1.54) is 0 Å². The van der Waals surface area contributed by atoms with Crippen molar-refractivity contribution in [1.82, 2.24) is 9.78 Å². The third-order valence-electron chi connectivity index (χ3n) is 2.07. The quantitative estimate of drug-likeness (QED) is 0.846. The van der Waals surface area contributed by atoms with Crippen LogP contribution >= 0.6 is 0 Å². The van der Waals surface area contributed by atoms with E-state index in [1.807, 2.05) is 24.3 Å². The molecule has 0 unspecified atom stereocenters. The molecule has 0 fully saturated rings. The van der Waals surface area contributed by atoms with Gasteiger partial charge in [0, 0.05) is 0 Å². The molecule has 1 aromatic heterocycles. The summed E-state index contributed by atoms with van der Waals surface area (Å²) in [5.74, 6) is 1.38. The molecule has 1 heterocycles. The molecule has 16 heavy (non-hydrogen) atoms. The van der Waals surface area contributed by atoms with Gasteiger partial charge in [-0.05, 0) is 12.1 Å². The monoisotopic (exact) mass is 219 g/mol. The summed E-state index contributed by atoms with van der Waals surface area (Å²) in [5, 5.41) is 4.01. The molecule has 0 bridgehead atoms. The highest BCUT2D eigenvalue weighted by molar-refractivity contribution is 5.39. The number of nitrogens with two attached hydrogens (primary N) is 1. The van der Waals surface area contributed by atoms with Gasteiger partial charge in [-0.15, -0.1) is 0 Å². The highest BCUT2D eigenvalue weighted by Gasteiger charge is 2.02. The van der Waals surface area contributed by atoms with Crippen LogP contribution in [0.2, 0.25) is 0 Å². The molecule has 2 rings (SSSR count). The molecule has 0 saturated carbocycles. The van der Waals surface area contributed by atoms with Crippen LogP contribution in [-0.4, -0.2) is 16.9 Å². The number of nitrogens with zero attached hydrogens (tertiary/aromatic N) is 2. The lowest BCUT2D eigenvalue weighted by molar-refractivity contribution is 0.211. The van der Waals surface area contributed by atoms with Crippen molar-refractivity contribution in [2.24, 2.45) is 0 Å². The molecular formula is C11H13N3O2. The van der Waals surface area contributed by atoms with E-state index in [4.69, 9.17) is 15.2 Å². The number of ether oxygens (including phenoxy) is 2. The van der Waals surface area contributed by atoms with Gasteiger partial charge in [0.2, 0.25) is 0 Å². The molecule has 0 spiro atoms. The number of hydrogen-bond acceptors (Lipinski definition) is 4. The van der Waals surface area contributed by atoms with E-state index in [0.29, 0.717) is 23.9 Å². The Morgan fingerprint density at radius 2 is 2.06 bits per heavy atom. The predicted octanol–water partition coefficient (Wildman–Crippen LogP) is 1.51. The Hall–Kier alpha value is -2.17. The molecule has 0 amide bonds. The number of anilines is 1. The van der Waals surface area contributed by atoms with E-state index in [0.717, 1.165) is 0 Å². The zero-order chi connectivity index (χ0) is 11.4. The van der Waals surface area contributed by atoms with Crippen molar-refractivity contribution in [3.63, 3.8) is 0 Å². The summed E-state index contributed by atoms with van der Waals surface area (Å²) in [7, 11) is 1.61. The van der Waals surface area contributed by atoms with Crippen LogP contribution in [0.1, 0.15) is 0 Å². The average Bonchev–Trinajstić information content (AvgIpc) is 2.73. The van der Waals surface area contributed by atoms with Crippen LogP contribution in [-0.2, 0) is 6.73 Å². The van der Waals surface area contributed by atoms with Gasteiger partial charge in [-0.3, -0.25) is 0 Å². The summed E-state index contributed by atoms with van der Waals surface area (Å²) >= 11 is 0. The first-order valence-corrected chi connectivity index (χ1v) is 4.83. The maximum atomic E-state index is 5.55. The summed E-state index contributed by atoms with van der Waals surface area (Å²) in [6.07, 6.45) is 3.28. The summed E-state index contributed by atoms with van der Waals surface area (Å²) in [4.78, 5) is 0. The van der Waals surface area contributed by atoms with Crippen LogP contribution in [0.3, 0.4) is 0 Å². The van der Waals surface area contributed by atoms with Crippen molar-refractivity contribution in [2.75, 3.05) is 12.8 Å². The Balaban J connectivity index is 2.04. The Bertz CT molecular complexity index is 468. The highest BCUT2D eigenvalue weighted by atomic mass is 16.5. The minimum atomic E-state index is 0.303. The summed E-state index contributed by atoms with van der Waals surface area (Å²) in [5.41, 5.74) is 6.15. The minimum absolute atomic E-state index is 0.303. The second-order valence-corrected chi connectivity index (χ2v) is 3.24. The smallest absolute Gasteiger partial charge is 0.181 e. The average molecular weight is 219 g/mol. The number of aromatic nitrogens is 2. The summed E-state index contributed by atoms with van der Waals surface area (Å²) in [6, 6.07) is 7.45. The standard InChI is InChI=1S/C11H13N3O2/c1-15-10-4-2-3-5-11(10)16-8-14-7-9(12)6-13-14/h2-7H,8,12H2,1H3. The molecule has 5 heteroatoms. The van der Waals surface area contributed by atoms with Crippen LogP contribution < -0.4 is 15.2 Å². The maximum absolute atomic E-state index is 5.55. The van der Waals surface area contributed by atoms with Crippen LogP contribution in [0.5, 0.6) is 11.5 Å². The van der Waals surface area contributed by atoms with Crippen LogP contribution in [0, 0.1) is 0 Å². The first kappa shape index (κ1) is 10.4. The van der Waals surface area contributed by atoms with Gasteiger partial charge in [0.25, 0.3) is 0 Å². The molecule has 0 radical (unpaired) electrons. The van der Waals surface area contributed by atoms with E-state index in [-0.39, 0.29) is 0 Å². The molecule has 0 aliphatic carbocycles. The molecule has 5 nitrogen and oxygen atoms in total. The Kier molecular flexibility index (Phi) is 2.95. The Morgan fingerprint density at radius 1 is 1.31 bits per heavy atom. The van der Waals surface area contributed by atoms with E-state index < -0.39 is 0 Å². The second kappa shape index (κ2) is 4.57. The van der Waals surface area contributed by atoms with Crippen molar-refractivity contribution >= 4 is 5.69 Å². The Morgan fingerprint density at radius 3 is 2.69 bits per heavy atom. The van der Waals surface area contributed by atoms with E-state index >= 15 is 0 Å². The lowest BCUT2D eigenvalue weighted by atomic mass is 10.3. The van der Waals surface area contributed by atoms with Crippen LogP contribution in [0.25, 0.3) is 0 Å². The third-order valence-corrected chi connectivity index (χ3v) is 2.07. The zero-order valence-electron chi connectivity index (χ0n) is 8.96. The fraction of sp³-hybridized carbons (Fsp3) is 0.182. The van der Waals surface area contributed by atoms with Crippen molar-refractivity contribution in [3.8, 4) is 11.5 Å². The molecule has 2 N–H and O–H groups in total. The van der Waals surface area contributed by atoms with Gasteiger partial charge >= 0.3 is 0 Å². The first-order valence-electron chi connectivity index (χ1n) is 4.83. The van der Waals surface area contributed by atoms with Crippen molar-refractivity contribution in [2.45, 2.75) is 6.73 Å². The van der Waals surface area contributed by atoms with Gasteiger partial charge in [0.1, 0.15) is 0 Å². The number of benzene rings is 1. The van der Waals surface area contributed by atoms with Gasteiger partial charge in [-0.2, -0.15) is 5.10 Å². The molecule has 0 aliphatic rings. The fourth-order valence-electron chi connectivity index (χ4n) is 1.32. The van der Waals surface area contributed by atoms with Crippen LogP contribution in [0.4, 0.5) is 5.69 Å². The maximum Gasteiger partial charge on any atom is 0.181 e. The van der Waals surface area contributed by atoms with E-state index in [9.17, 15) is 0 Å². The summed E-state index contributed by atoms with van der Waals surface area (Å²) < 4.78 is 12.3. The molecule has 0 saturated heterocycles. The van der Waals surface area contributed by atoms with E-state index in [1.54, 1.807) is 24.2 Å². The zero-order valence-corrected chi connectivity index (χ0v) is 8.96. The van der Waals surface area contributed by atoms with Gasteiger partial charge < -0.3 is 15.2 Å². The first-order chi connectivity index (χ1) is 7.79. The molecule has 1 aromatic carbocycles. The normalized spacial score (nSPS) is 10.1. The molecular weight excluding hydrogens is 206 g/mol. The van der Waals surface area contributed by atoms with Crippen molar-refractivity contribution in [1.29, 1.82) is 0 Å². The third kappa shape index (κ3) is 2.25. The van der Waals surface area contributed by atoms with Crippen molar-refractivity contribution < 1.29 is 9.47 Å². The predicted molar refractivity (Wildman–Crippen MR) is 60.3 cm³/mol. The van der Waals surface area contributed by atoms with Gasteiger partial charge in [0.15, 0.2) is 18.2 Å². The lowest BCUT2D eigenvalue weighted by Gasteiger charge is -2.09. The highest BCUT2D eigenvalue weighted by Crippen LogP contribution is 2.25. The number of rotatable bonds is 4. The molecule has 2 aromatic rings. The molecule has 84 valence electrons. The van der Waals surface area contributed by atoms with Crippen molar-refractivity contribution in [3.05, 3.63) is 36.7 Å². The lowest BCUT2D eigenvalue weighted by Crippen LogP contribution is -2.06. The molecule has 0 aliphatic heterocycles. The number of para-hydroxylation sites is 2. The minimum Gasteiger partial charge on any atom is -0.493 e. The van der Waals surface area contributed by atoms with Gasteiger partial charge in [-0.25, -0.2) is 4.68 Å². The second-order valence-electron chi connectivity index (χ2n) is 3.24. The number of hydrogen-bond donors (Lipinski definition) is 1. The Labute approximate surface area is 93.4 Å². The number of methoxy groups -OCH3 is 1. The summed E-state index contributed by atoms with van der Waals surface area (Å²) in [6.45, 7) is 0.303. The largest absolute Gasteiger partial charge is 0.493 e.